The summed E-state index contributed by atoms with van der Waals surface area (Å²) in [6.45, 7) is 9.43. The fraction of sp³-hybridized carbons (Fsp3) is 0.786. The molecular formula is C14H24N6O2. The molecule has 1 atom stereocenters. The Morgan fingerprint density at radius 3 is 2.82 bits per heavy atom. The number of nitrogens with zero attached hydrogens (tertiary/aromatic N) is 4. The van der Waals surface area contributed by atoms with Crippen molar-refractivity contribution < 1.29 is 9.53 Å². The van der Waals surface area contributed by atoms with Crippen molar-refractivity contribution in [2.45, 2.75) is 38.5 Å². The van der Waals surface area contributed by atoms with Crippen LogP contribution in [0.3, 0.4) is 0 Å². The number of hydrogen-bond acceptors (Lipinski definition) is 6. The first kappa shape index (κ1) is 15.2. The zero-order valence-corrected chi connectivity index (χ0v) is 13.4. The first-order valence-electron chi connectivity index (χ1n) is 7.76. The number of rotatable bonds is 2. The fourth-order valence-electron chi connectivity index (χ4n) is 2.67. The maximum absolute atomic E-state index is 12.2. The predicted octanol–water partition coefficient (Wildman–Crippen LogP) is 0.304. The van der Waals surface area contributed by atoms with Crippen molar-refractivity contribution in [3.63, 3.8) is 0 Å². The predicted molar refractivity (Wildman–Crippen MR) is 80.5 cm³/mol. The molecule has 8 nitrogen and oxygen atoms in total. The van der Waals surface area contributed by atoms with Crippen LogP contribution in [-0.4, -0.2) is 64.3 Å². The molecule has 2 aliphatic rings. The molecule has 2 saturated heterocycles. The van der Waals surface area contributed by atoms with Gasteiger partial charge < -0.3 is 20.3 Å². The quantitative estimate of drug-likeness (QED) is 0.818. The summed E-state index contributed by atoms with van der Waals surface area (Å²) in [5.41, 5.74) is 0.554. The summed E-state index contributed by atoms with van der Waals surface area (Å²) in [5, 5.41) is 14.9. The topological polar surface area (TPSA) is 84.3 Å². The molecule has 1 aromatic heterocycles. The molecule has 0 spiro atoms. The monoisotopic (exact) mass is 308 g/mol. The number of amides is 1. The summed E-state index contributed by atoms with van der Waals surface area (Å²) >= 11 is 0. The number of nitrogens with one attached hydrogen (secondary N) is 2. The molecule has 2 N–H and O–H groups in total. The van der Waals surface area contributed by atoms with Gasteiger partial charge in [-0.25, -0.2) is 9.48 Å². The van der Waals surface area contributed by atoms with Crippen molar-refractivity contribution >= 4 is 6.09 Å². The van der Waals surface area contributed by atoms with Gasteiger partial charge in [0.05, 0.1) is 24.0 Å². The van der Waals surface area contributed by atoms with E-state index in [1.54, 1.807) is 11.1 Å². The number of ether oxygens (including phenoxy) is 1. The zero-order chi connectivity index (χ0) is 15.7. The minimum atomic E-state index is -0.474. The first-order valence-corrected chi connectivity index (χ1v) is 7.76. The highest BCUT2D eigenvalue weighted by Crippen LogP contribution is 2.22. The Bertz CT molecular complexity index is 534. The summed E-state index contributed by atoms with van der Waals surface area (Å²) in [4.78, 5) is 14.0. The van der Waals surface area contributed by atoms with Crippen molar-refractivity contribution in [2.75, 3.05) is 32.7 Å². The van der Waals surface area contributed by atoms with Gasteiger partial charge in [0.15, 0.2) is 0 Å². The fourth-order valence-corrected chi connectivity index (χ4v) is 2.67. The molecule has 122 valence electrons. The maximum Gasteiger partial charge on any atom is 0.410 e. The standard InChI is InChI=1S/C14H24N6O2/c1-14(2,3)22-13(21)19-5-4-16-11(9-19)12-8-17-18-20(12)10-6-15-7-10/h8,10-11,15-16H,4-7,9H2,1-3H3. The van der Waals surface area contributed by atoms with E-state index in [0.717, 1.165) is 25.3 Å². The minimum Gasteiger partial charge on any atom is -0.444 e. The van der Waals surface area contributed by atoms with Crippen LogP contribution in [0.4, 0.5) is 4.79 Å². The molecule has 3 rings (SSSR count). The molecule has 1 amide bonds. The Labute approximate surface area is 130 Å². The summed E-state index contributed by atoms with van der Waals surface area (Å²) in [6.07, 6.45) is 1.53. The minimum absolute atomic E-state index is 0.0388. The van der Waals surface area contributed by atoms with Crippen LogP contribution in [0.2, 0.25) is 0 Å². The molecule has 3 heterocycles. The second kappa shape index (κ2) is 5.85. The summed E-state index contributed by atoms with van der Waals surface area (Å²) in [5.74, 6) is 0. The van der Waals surface area contributed by atoms with Gasteiger partial charge in [-0.1, -0.05) is 5.21 Å². The van der Waals surface area contributed by atoms with Gasteiger partial charge in [0, 0.05) is 32.7 Å². The van der Waals surface area contributed by atoms with Crippen LogP contribution in [-0.2, 0) is 4.74 Å². The molecule has 0 aliphatic carbocycles. The molecule has 1 aromatic rings. The smallest absolute Gasteiger partial charge is 0.410 e. The Morgan fingerprint density at radius 2 is 2.18 bits per heavy atom. The molecule has 2 fully saturated rings. The lowest BCUT2D eigenvalue weighted by Gasteiger charge is -2.36. The van der Waals surface area contributed by atoms with Gasteiger partial charge in [-0.3, -0.25) is 0 Å². The second-order valence-corrected chi connectivity index (χ2v) is 6.85. The Kier molecular flexibility index (Phi) is 4.05. The van der Waals surface area contributed by atoms with Crippen LogP contribution in [0, 0.1) is 0 Å². The number of aromatic nitrogens is 3. The van der Waals surface area contributed by atoms with Crippen molar-refractivity contribution in [1.29, 1.82) is 0 Å². The SMILES string of the molecule is CC(C)(C)OC(=O)N1CCNC(c2cnnn2C2CNC2)C1. The van der Waals surface area contributed by atoms with Crippen molar-refractivity contribution in [3.05, 3.63) is 11.9 Å². The Morgan fingerprint density at radius 1 is 1.41 bits per heavy atom. The van der Waals surface area contributed by atoms with Crippen molar-refractivity contribution in [2.24, 2.45) is 0 Å². The molecule has 0 radical (unpaired) electrons. The second-order valence-electron chi connectivity index (χ2n) is 6.85. The van der Waals surface area contributed by atoms with Gasteiger partial charge in [-0.2, -0.15) is 0 Å². The average Bonchev–Trinajstić information content (AvgIpc) is 2.84. The number of carbonyl (C=O) groups is 1. The maximum atomic E-state index is 12.2. The normalized spacial score (nSPS) is 23.2. The van der Waals surface area contributed by atoms with E-state index in [1.807, 2.05) is 25.5 Å². The molecule has 2 aliphatic heterocycles. The van der Waals surface area contributed by atoms with Crippen LogP contribution in [0.15, 0.2) is 6.20 Å². The highest BCUT2D eigenvalue weighted by Gasteiger charge is 2.32. The summed E-state index contributed by atoms with van der Waals surface area (Å²) < 4.78 is 7.43. The lowest BCUT2D eigenvalue weighted by molar-refractivity contribution is 0.0191. The largest absolute Gasteiger partial charge is 0.444 e. The molecule has 8 heteroatoms. The van der Waals surface area contributed by atoms with Crippen LogP contribution in [0.25, 0.3) is 0 Å². The van der Waals surface area contributed by atoms with E-state index in [1.165, 1.54) is 0 Å². The van der Waals surface area contributed by atoms with Gasteiger partial charge >= 0.3 is 6.09 Å². The highest BCUT2D eigenvalue weighted by molar-refractivity contribution is 5.68. The lowest BCUT2D eigenvalue weighted by Crippen LogP contribution is -2.51. The van der Waals surface area contributed by atoms with E-state index in [-0.39, 0.29) is 12.1 Å². The van der Waals surface area contributed by atoms with E-state index in [4.69, 9.17) is 4.74 Å². The third-order valence-electron chi connectivity index (χ3n) is 3.89. The van der Waals surface area contributed by atoms with E-state index in [9.17, 15) is 4.79 Å². The van der Waals surface area contributed by atoms with E-state index >= 15 is 0 Å². The van der Waals surface area contributed by atoms with Crippen LogP contribution < -0.4 is 10.6 Å². The lowest BCUT2D eigenvalue weighted by atomic mass is 10.1. The number of hydrogen-bond donors (Lipinski definition) is 2. The van der Waals surface area contributed by atoms with Gasteiger partial charge in [0.2, 0.25) is 0 Å². The molecule has 22 heavy (non-hydrogen) atoms. The number of carbonyl (C=O) groups excluding carboxylic acids is 1. The molecule has 1 unspecified atom stereocenters. The van der Waals surface area contributed by atoms with Gasteiger partial charge in [0.25, 0.3) is 0 Å². The molecule has 0 aromatic carbocycles. The summed E-state index contributed by atoms with van der Waals surface area (Å²) in [7, 11) is 0. The highest BCUT2D eigenvalue weighted by atomic mass is 16.6. The van der Waals surface area contributed by atoms with Crippen molar-refractivity contribution in [3.8, 4) is 0 Å². The Hall–Kier alpha value is -1.67. The van der Waals surface area contributed by atoms with Crippen LogP contribution in [0.5, 0.6) is 0 Å². The van der Waals surface area contributed by atoms with Gasteiger partial charge in [-0.05, 0) is 20.8 Å². The Balaban J connectivity index is 1.68. The molecule has 0 saturated carbocycles. The van der Waals surface area contributed by atoms with Crippen LogP contribution >= 0.6 is 0 Å². The first-order chi connectivity index (χ1) is 10.4. The average molecular weight is 308 g/mol. The number of piperazine rings is 1. The van der Waals surface area contributed by atoms with E-state index < -0.39 is 5.60 Å². The van der Waals surface area contributed by atoms with Gasteiger partial charge in [0.1, 0.15) is 5.60 Å². The van der Waals surface area contributed by atoms with Gasteiger partial charge in [-0.15, -0.1) is 5.10 Å². The van der Waals surface area contributed by atoms with E-state index in [0.29, 0.717) is 19.1 Å². The van der Waals surface area contributed by atoms with Crippen molar-refractivity contribution in [1.82, 2.24) is 30.5 Å². The third-order valence-corrected chi connectivity index (χ3v) is 3.89. The molecular weight excluding hydrogens is 284 g/mol. The van der Waals surface area contributed by atoms with Crippen LogP contribution in [0.1, 0.15) is 38.5 Å². The third kappa shape index (κ3) is 3.22. The summed E-state index contributed by atoms with van der Waals surface area (Å²) in [6, 6.07) is 0.396. The zero-order valence-electron chi connectivity index (χ0n) is 13.4. The molecule has 0 bridgehead atoms. The van der Waals surface area contributed by atoms with E-state index in [2.05, 4.69) is 20.9 Å².